The van der Waals surface area contributed by atoms with Gasteiger partial charge in [-0.2, -0.15) is 18.4 Å². The number of pyridine rings is 2. The van der Waals surface area contributed by atoms with Crippen molar-refractivity contribution in [1.82, 2.24) is 9.97 Å². The van der Waals surface area contributed by atoms with Crippen molar-refractivity contribution in [1.29, 1.82) is 5.26 Å². The van der Waals surface area contributed by atoms with E-state index in [1.165, 1.54) is 6.20 Å². The number of nitrogens with zero attached hydrogens (tertiary/aromatic N) is 3. The minimum absolute atomic E-state index is 0.275. The van der Waals surface area contributed by atoms with Gasteiger partial charge in [0, 0.05) is 29.7 Å². The lowest BCUT2D eigenvalue weighted by Crippen LogP contribution is -2.12. The highest BCUT2D eigenvalue weighted by Crippen LogP contribution is 2.27. The van der Waals surface area contributed by atoms with Crippen molar-refractivity contribution in [2.45, 2.75) is 33.9 Å². The SMILES string of the molecule is C=C(/C=C(\C)C(F)(F)F)c1cccnc1.CC.Cc1ccc(NC(=O)c2cccc(C#N)c2)nc1. The Morgan fingerprint density at radius 2 is 1.77 bits per heavy atom. The van der Waals surface area contributed by atoms with E-state index >= 15 is 0 Å². The summed E-state index contributed by atoms with van der Waals surface area (Å²) in [6.07, 6.45) is 1.42. The second-order valence-corrected chi connectivity index (χ2v) is 6.96. The van der Waals surface area contributed by atoms with Crippen LogP contribution in [0.1, 0.15) is 47.8 Å². The third-order valence-corrected chi connectivity index (χ3v) is 4.28. The molecule has 0 saturated carbocycles. The number of rotatable bonds is 4. The summed E-state index contributed by atoms with van der Waals surface area (Å²) in [6.45, 7) is 10.5. The Morgan fingerprint density at radius 3 is 2.31 bits per heavy atom. The molecule has 1 aromatic carbocycles. The Bertz CT molecular complexity index is 1180. The first-order valence-electron chi connectivity index (χ1n) is 10.7. The van der Waals surface area contributed by atoms with Crippen LogP contribution in [0.5, 0.6) is 0 Å². The van der Waals surface area contributed by atoms with E-state index in [1.807, 2.05) is 32.9 Å². The third-order valence-electron chi connectivity index (χ3n) is 4.28. The van der Waals surface area contributed by atoms with Crippen LogP contribution in [0, 0.1) is 18.3 Å². The zero-order valence-electron chi connectivity index (χ0n) is 20.0. The molecule has 3 aromatic rings. The summed E-state index contributed by atoms with van der Waals surface area (Å²) in [5.74, 6) is 0.219. The average Bonchev–Trinajstić information content (AvgIpc) is 2.87. The summed E-state index contributed by atoms with van der Waals surface area (Å²) in [5, 5.41) is 11.4. The summed E-state index contributed by atoms with van der Waals surface area (Å²) < 4.78 is 36.6. The zero-order valence-corrected chi connectivity index (χ0v) is 20.0. The molecule has 5 nitrogen and oxygen atoms in total. The maximum absolute atomic E-state index is 12.2. The molecule has 35 heavy (non-hydrogen) atoms. The molecule has 0 aliphatic carbocycles. The van der Waals surface area contributed by atoms with E-state index in [1.54, 1.807) is 54.9 Å². The number of halogens is 3. The summed E-state index contributed by atoms with van der Waals surface area (Å²) in [6, 6.07) is 15.4. The fourth-order valence-corrected chi connectivity index (χ4v) is 2.44. The molecule has 2 heterocycles. The van der Waals surface area contributed by atoms with Gasteiger partial charge in [0.25, 0.3) is 5.91 Å². The highest BCUT2D eigenvalue weighted by Gasteiger charge is 2.29. The van der Waals surface area contributed by atoms with Crippen molar-refractivity contribution >= 4 is 17.3 Å². The van der Waals surface area contributed by atoms with Crippen LogP contribution < -0.4 is 5.32 Å². The average molecular weight is 481 g/mol. The minimum atomic E-state index is -4.30. The fraction of sp³-hybridized carbons (Fsp3) is 0.185. The molecule has 0 saturated heterocycles. The van der Waals surface area contributed by atoms with E-state index in [2.05, 4.69) is 21.9 Å². The third kappa shape index (κ3) is 10.0. The molecule has 0 atom stereocenters. The number of benzene rings is 1. The summed E-state index contributed by atoms with van der Waals surface area (Å²) in [7, 11) is 0. The summed E-state index contributed by atoms with van der Waals surface area (Å²) in [4.78, 5) is 19.8. The molecule has 0 unspecified atom stereocenters. The number of aromatic nitrogens is 2. The van der Waals surface area contributed by atoms with Crippen molar-refractivity contribution < 1.29 is 18.0 Å². The monoisotopic (exact) mass is 480 g/mol. The summed E-state index contributed by atoms with van der Waals surface area (Å²) in [5.41, 5.74) is 2.14. The first-order valence-corrected chi connectivity index (χ1v) is 10.7. The Balaban J connectivity index is 0.000000332. The van der Waals surface area contributed by atoms with Crippen LogP contribution in [-0.4, -0.2) is 22.1 Å². The van der Waals surface area contributed by atoms with Gasteiger partial charge < -0.3 is 5.32 Å². The van der Waals surface area contributed by atoms with Gasteiger partial charge in [0.2, 0.25) is 0 Å². The van der Waals surface area contributed by atoms with Crippen molar-refractivity contribution in [3.8, 4) is 6.07 Å². The molecule has 1 N–H and O–H groups in total. The van der Waals surface area contributed by atoms with E-state index in [0.29, 0.717) is 28.1 Å². The molecule has 0 bridgehead atoms. The Kier molecular flexibility index (Phi) is 11.6. The van der Waals surface area contributed by atoms with E-state index < -0.39 is 11.7 Å². The number of alkyl halides is 3. The normalized spacial score (nSPS) is 10.5. The van der Waals surface area contributed by atoms with Crippen LogP contribution in [-0.2, 0) is 0 Å². The molecular formula is C27H27F3N4O. The molecule has 0 aliphatic heterocycles. The standard InChI is InChI=1S/C14H11N3O.C11H10F3N.C2H6/c1-10-5-6-13(16-9-10)17-14(18)12-4-2-3-11(7-12)8-15;1-8(6-9(2)11(12,13)14)10-4-3-5-15-7-10;1-2/h2-7,9H,1H3,(H,16,17,18);3-7H,1H2,2H3;1-2H3/b;9-6+;. The van der Waals surface area contributed by atoms with E-state index in [4.69, 9.17) is 5.26 Å². The lowest BCUT2D eigenvalue weighted by Gasteiger charge is -2.07. The van der Waals surface area contributed by atoms with Crippen molar-refractivity contribution in [2.24, 2.45) is 0 Å². The number of carbonyl (C=O) groups is 1. The molecule has 0 aliphatic rings. The van der Waals surface area contributed by atoms with Gasteiger partial charge in [-0.15, -0.1) is 0 Å². The Morgan fingerprint density at radius 1 is 1.09 bits per heavy atom. The van der Waals surface area contributed by atoms with Gasteiger partial charge in [-0.3, -0.25) is 9.78 Å². The molecule has 3 rings (SSSR count). The molecule has 182 valence electrons. The largest absolute Gasteiger partial charge is 0.412 e. The number of carbonyl (C=O) groups excluding carboxylic acids is 1. The molecule has 2 aromatic heterocycles. The second kappa shape index (κ2) is 14.1. The Labute approximate surface area is 203 Å². The number of anilines is 1. The lowest BCUT2D eigenvalue weighted by atomic mass is 10.1. The fourth-order valence-electron chi connectivity index (χ4n) is 2.44. The molecule has 8 heteroatoms. The first kappa shape index (κ1) is 28.8. The number of nitriles is 1. The number of hydrogen-bond acceptors (Lipinski definition) is 4. The number of amides is 1. The zero-order chi connectivity index (χ0) is 26.4. The van der Waals surface area contributed by atoms with Gasteiger partial charge in [-0.05, 0) is 67.0 Å². The van der Waals surface area contributed by atoms with Gasteiger partial charge in [-0.1, -0.05) is 38.6 Å². The smallest absolute Gasteiger partial charge is 0.307 e. The first-order chi connectivity index (χ1) is 16.6. The van der Waals surface area contributed by atoms with Crippen molar-refractivity contribution in [2.75, 3.05) is 5.32 Å². The highest BCUT2D eigenvalue weighted by atomic mass is 19.4. The van der Waals surface area contributed by atoms with Crippen molar-refractivity contribution in [3.05, 3.63) is 108 Å². The molecule has 0 radical (unpaired) electrons. The topological polar surface area (TPSA) is 78.7 Å². The second-order valence-electron chi connectivity index (χ2n) is 6.96. The van der Waals surface area contributed by atoms with Gasteiger partial charge in [-0.25, -0.2) is 4.98 Å². The predicted octanol–water partition coefficient (Wildman–Crippen LogP) is 7.14. The molecule has 0 spiro atoms. The minimum Gasteiger partial charge on any atom is -0.307 e. The van der Waals surface area contributed by atoms with Crippen LogP contribution in [0.4, 0.5) is 19.0 Å². The maximum Gasteiger partial charge on any atom is 0.412 e. The van der Waals surface area contributed by atoms with Gasteiger partial charge in [0.05, 0.1) is 11.6 Å². The van der Waals surface area contributed by atoms with Crippen LogP contribution in [0.3, 0.4) is 0 Å². The number of nitrogens with one attached hydrogen (secondary N) is 1. The van der Waals surface area contributed by atoms with E-state index in [-0.39, 0.29) is 5.91 Å². The van der Waals surface area contributed by atoms with Crippen molar-refractivity contribution in [3.63, 3.8) is 0 Å². The van der Waals surface area contributed by atoms with E-state index in [0.717, 1.165) is 18.6 Å². The van der Waals surface area contributed by atoms with Crippen LogP contribution >= 0.6 is 0 Å². The highest BCUT2D eigenvalue weighted by molar-refractivity contribution is 6.03. The van der Waals surface area contributed by atoms with Gasteiger partial charge >= 0.3 is 6.18 Å². The summed E-state index contributed by atoms with van der Waals surface area (Å²) >= 11 is 0. The number of allylic oxidation sites excluding steroid dienone is 3. The quantitative estimate of drug-likeness (QED) is 0.403. The number of hydrogen-bond donors (Lipinski definition) is 1. The predicted molar refractivity (Wildman–Crippen MR) is 133 cm³/mol. The van der Waals surface area contributed by atoms with Gasteiger partial charge in [0.1, 0.15) is 5.82 Å². The van der Waals surface area contributed by atoms with Crippen LogP contribution in [0.25, 0.3) is 5.57 Å². The number of aryl methyl sites for hydroxylation is 1. The maximum atomic E-state index is 12.2. The molecule has 0 fully saturated rings. The molecular weight excluding hydrogens is 453 g/mol. The van der Waals surface area contributed by atoms with E-state index in [9.17, 15) is 18.0 Å². The Hall–Kier alpha value is -4.25. The van der Waals surface area contributed by atoms with Crippen LogP contribution in [0.15, 0.2) is 85.3 Å². The lowest BCUT2D eigenvalue weighted by molar-refractivity contribution is -0.0912. The molecule has 1 amide bonds. The van der Waals surface area contributed by atoms with Crippen LogP contribution in [0.2, 0.25) is 0 Å². The van der Waals surface area contributed by atoms with Gasteiger partial charge in [0.15, 0.2) is 0 Å².